The third-order valence-corrected chi connectivity index (χ3v) is 1.52. The van der Waals surface area contributed by atoms with Gasteiger partial charge in [-0.05, 0) is 18.6 Å². The standard InChI is InChI=1S/C7H7N3/c1-5-4-8-7-6(5)2-3-9-10-7/h2-4H,1H3,(H,8,10)/i3D. The summed E-state index contributed by atoms with van der Waals surface area (Å²) in [5, 5.41) is 8.39. The Hall–Kier alpha value is -1.38. The maximum absolute atomic E-state index is 7.22. The summed E-state index contributed by atoms with van der Waals surface area (Å²) in [5.41, 5.74) is 1.85. The van der Waals surface area contributed by atoms with Crippen molar-refractivity contribution in [1.82, 2.24) is 15.2 Å². The number of fused-ring (bicyclic) bond motifs is 1. The molecule has 3 nitrogen and oxygen atoms in total. The van der Waals surface area contributed by atoms with Gasteiger partial charge in [0.2, 0.25) is 0 Å². The Morgan fingerprint density at radius 1 is 1.70 bits per heavy atom. The van der Waals surface area contributed by atoms with E-state index >= 15 is 0 Å². The van der Waals surface area contributed by atoms with Crippen LogP contribution in [0.1, 0.15) is 6.93 Å². The highest BCUT2D eigenvalue weighted by Gasteiger charge is 1.96. The lowest BCUT2D eigenvalue weighted by Gasteiger charge is -1.84. The maximum Gasteiger partial charge on any atom is 0.160 e. The molecule has 10 heavy (non-hydrogen) atoms. The smallest absolute Gasteiger partial charge is 0.160 e. The van der Waals surface area contributed by atoms with Crippen LogP contribution in [0.15, 0.2) is 18.4 Å². The zero-order chi connectivity index (χ0) is 7.84. The van der Waals surface area contributed by atoms with Crippen LogP contribution in [0.4, 0.5) is 0 Å². The van der Waals surface area contributed by atoms with Crippen molar-refractivity contribution in [3.63, 3.8) is 0 Å². The molecule has 0 atom stereocenters. The fourth-order valence-electron chi connectivity index (χ4n) is 0.956. The highest BCUT2D eigenvalue weighted by Crippen LogP contribution is 2.11. The van der Waals surface area contributed by atoms with Crippen LogP contribution >= 0.6 is 0 Å². The Morgan fingerprint density at radius 3 is 3.50 bits per heavy atom. The minimum atomic E-state index is 0.209. The minimum absolute atomic E-state index is 0.209. The van der Waals surface area contributed by atoms with Crippen LogP contribution in [0.2, 0.25) is 0 Å². The summed E-state index contributed by atoms with van der Waals surface area (Å²) < 4.78 is 7.22. The first-order valence-electron chi connectivity index (χ1n) is 3.55. The van der Waals surface area contributed by atoms with E-state index in [0.717, 1.165) is 16.6 Å². The molecule has 0 amide bonds. The second-order valence-corrected chi connectivity index (χ2v) is 2.21. The highest BCUT2D eigenvalue weighted by atomic mass is 15.1. The molecule has 2 aromatic heterocycles. The Bertz CT molecular complexity index is 393. The lowest BCUT2D eigenvalue weighted by Crippen LogP contribution is -1.78. The van der Waals surface area contributed by atoms with E-state index < -0.39 is 0 Å². The Balaban J connectivity index is 2.87. The summed E-state index contributed by atoms with van der Waals surface area (Å²) in [4.78, 5) is 2.96. The topological polar surface area (TPSA) is 41.6 Å². The summed E-state index contributed by atoms with van der Waals surface area (Å²) in [7, 11) is 0. The van der Waals surface area contributed by atoms with Crippen LogP contribution in [0.25, 0.3) is 11.0 Å². The van der Waals surface area contributed by atoms with Gasteiger partial charge >= 0.3 is 0 Å². The van der Waals surface area contributed by atoms with E-state index in [9.17, 15) is 0 Å². The lowest BCUT2D eigenvalue weighted by molar-refractivity contribution is 1.06. The van der Waals surface area contributed by atoms with Gasteiger partial charge in [-0.2, -0.15) is 5.10 Å². The average Bonchev–Trinajstić information content (AvgIpc) is 2.33. The number of rotatable bonds is 0. The molecule has 0 fully saturated rings. The van der Waals surface area contributed by atoms with Crippen LogP contribution in [-0.4, -0.2) is 15.2 Å². The van der Waals surface area contributed by atoms with Gasteiger partial charge < -0.3 is 4.98 Å². The molecule has 2 heterocycles. The predicted molar refractivity (Wildman–Crippen MR) is 38.6 cm³/mol. The molecule has 3 heteroatoms. The molecule has 0 radical (unpaired) electrons. The van der Waals surface area contributed by atoms with Gasteiger partial charge in [-0.1, -0.05) is 0 Å². The first-order valence-corrected chi connectivity index (χ1v) is 3.05. The first kappa shape index (κ1) is 4.44. The SMILES string of the molecule is [2H]c1cc2c(C)c[nH]c2nn1. The van der Waals surface area contributed by atoms with E-state index in [1.807, 2.05) is 13.1 Å². The van der Waals surface area contributed by atoms with E-state index in [1.54, 1.807) is 6.07 Å². The summed E-state index contributed by atoms with van der Waals surface area (Å²) in [6, 6.07) is 1.70. The van der Waals surface area contributed by atoms with Gasteiger partial charge in [-0.3, -0.25) is 0 Å². The van der Waals surface area contributed by atoms with Crippen LogP contribution in [-0.2, 0) is 0 Å². The van der Waals surface area contributed by atoms with E-state index in [2.05, 4.69) is 15.2 Å². The van der Waals surface area contributed by atoms with Gasteiger partial charge in [0.15, 0.2) is 5.65 Å². The summed E-state index contributed by atoms with van der Waals surface area (Å²) in [5.74, 6) is 0. The van der Waals surface area contributed by atoms with Gasteiger partial charge in [0.25, 0.3) is 0 Å². The summed E-state index contributed by atoms with van der Waals surface area (Å²) in [6.45, 7) is 1.97. The molecule has 1 N–H and O–H groups in total. The number of aryl methyl sites for hydroxylation is 1. The zero-order valence-electron chi connectivity index (χ0n) is 6.55. The fraction of sp³-hybridized carbons (Fsp3) is 0.143. The molecular weight excluding hydrogens is 126 g/mol. The number of nitrogens with one attached hydrogen (secondary N) is 1. The highest BCUT2D eigenvalue weighted by molar-refractivity contribution is 5.78. The zero-order valence-corrected chi connectivity index (χ0v) is 5.55. The Labute approximate surface area is 59.5 Å². The normalized spacial score (nSPS) is 11.9. The van der Waals surface area contributed by atoms with Crippen molar-refractivity contribution in [3.8, 4) is 0 Å². The number of hydrogen-bond acceptors (Lipinski definition) is 2. The van der Waals surface area contributed by atoms with Crippen LogP contribution in [0.5, 0.6) is 0 Å². The molecule has 0 unspecified atom stereocenters. The molecule has 0 saturated carbocycles. The van der Waals surface area contributed by atoms with E-state index in [0.29, 0.717) is 0 Å². The number of hydrogen-bond donors (Lipinski definition) is 1. The van der Waals surface area contributed by atoms with Crippen molar-refractivity contribution < 1.29 is 1.37 Å². The van der Waals surface area contributed by atoms with Crippen molar-refractivity contribution in [3.05, 3.63) is 24.0 Å². The number of nitrogens with zero attached hydrogens (tertiary/aromatic N) is 2. The fourth-order valence-corrected chi connectivity index (χ4v) is 0.956. The molecule has 2 rings (SSSR count). The van der Waals surface area contributed by atoms with E-state index in [-0.39, 0.29) is 6.17 Å². The van der Waals surface area contributed by atoms with Gasteiger partial charge in [0, 0.05) is 11.6 Å². The molecule has 0 aliphatic rings. The minimum Gasteiger partial charge on any atom is -0.344 e. The van der Waals surface area contributed by atoms with Crippen LogP contribution in [0, 0.1) is 6.92 Å². The van der Waals surface area contributed by atoms with Gasteiger partial charge in [-0.25, -0.2) is 0 Å². The van der Waals surface area contributed by atoms with Gasteiger partial charge in [0.1, 0.15) is 0 Å². The summed E-state index contributed by atoms with van der Waals surface area (Å²) in [6.07, 6.45) is 2.07. The van der Waals surface area contributed by atoms with Crippen LogP contribution in [0.3, 0.4) is 0 Å². The van der Waals surface area contributed by atoms with Gasteiger partial charge in [-0.15, -0.1) is 5.10 Å². The van der Waals surface area contributed by atoms with Gasteiger partial charge in [0.05, 0.1) is 7.54 Å². The molecule has 2 aromatic rings. The van der Waals surface area contributed by atoms with Crippen molar-refractivity contribution in [2.45, 2.75) is 6.92 Å². The molecule has 0 spiro atoms. The van der Waals surface area contributed by atoms with Crippen molar-refractivity contribution >= 4 is 11.0 Å². The largest absolute Gasteiger partial charge is 0.344 e. The van der Waals surface area contributed by atoms with Crippen molar-refractivity contribution in [2.75, 3.05) is 0 Å². The third kappa shape index (κ3) is 0.603. The second kappa shape index (κ2) is 1.80. The number of aromatic amines is 1. The van der Waals surface area contributed by atoms with Crippen molar-refractivity contribution in [1.29, 1.82) is 0 Å². The molecule has 0 saturated heterocycles. The monoisotopic (exact) mass is 134 g/mol. The molecule has 0 aliphatic heterocycles. The Morgan fingerprint density at radius 2 is 2.60 bits per heavy atom. The predicted octanol–water partition coefficient (Wildman–Crippen LogP) is 1.27. The quantitative estimate of drug-likeness (QED) is 0.589. The molecule has 0 bridgehead atoms. The lowest BCUT2D eigenvalue weighted by atomic mass is 10.3. The van der Waals surface area contributed by atoms with E-state index in [1.165, 1.54) is 0 Å². The molecular formula is C7H7N3. The van der Waals surface area contributed by atoms with Crippen molar-refractivity contribution in [2.24, 2.45) is 0 Å². The molecule has 50 valence electrons. The second-order valence-electron chi connectivity index (χ2n) is 2.21. The number of aromatic nitrogens is 3. The Kier molecular flexibility index (Phi) is 0.799. The molecule has 0 aromatic carbocycles. The third-order valence-electron chi connectivity index (χ3n) is 1.52. The number of H-pyrrole nitrogens is 1. The first-order chi connectivity index (χ1) is 5.27. The maximum atomic E-state index is 7.22. The average molecular weight is 134 g/mol. The van der Waals surface area contributed by atoms with E-state index in [4.69, 9.17) is 1.37 Å². The molecule has 0 aliphatic carbocycles. The summed E-state index contributed by atoms with van der Waals surface area (Å²) >= 11 is 0. The van der Waals surface area contributed by atoms with Crippen LogP contribution < -0.4 is 0 Å².